The summed E-state index contributed by atoms with van der Waals surface area (Å²) in [5, 5.41) is 12.7. The predicted octanol–water partition coefficient (Wildman–Crippen LogP) is 2.84. The molecule has 1 aliphatic rings. The van der Waals surface area contributed by atoms with Crippen LogP contribution in [0, 0.1) is 0 Å². The van der Waals surface area contributed by atoms with Crippen LogP contribution in [0.5, 0.6) is 0 Å². The van der Waals surface area contributed by atoms with Crippen molar-refractivity contribution in [2.45, 2.75) is 25.5 Å². The maximum absolute atomic E-state index is 13.0. The Bertz CT molecular complexity index is 824. The lowest BCUT2D eigenvalue weighted by molar-refractivity contribution is 0.0510. The Morgan fingerprint density at radius 1 is 1.33 bits per heavy atom. The van der Waals surface area contributed by atoms with Crippen molar-refractivity contribution in [1.29, 1.82) is 0 Å². The first-order valence-electron chi connectivity index (χ1n) is 8.03. The van der Waals surface area contributed by atoms with Gasteiger partial charge in [0.2, 0.25) is 0 Å². The largest absolute Gasteiger partial charge is 0.376 e. The van der Waals surface area contributed by atoms with Crippen LogP contribution < -0.4 is 0 Å². The topological polar surface area (TPSA) is 71.1 Å². The standard InChI is InChI=1S/C17H18N4O2S/c22-17(12-5-6-15-16(9-12)19-20-18-15)21(10-13-3-1-7-23-13)11-14-4-2-8-24-14/h2,4-6,8-9,13H,1,3,7,10-11H2,(H,18,19,20). The van der Waals surface area contributed by atoms with Gasteiger partial charge in [0.15, 0.2) is 0 Å². The van der Waals surface area contributed by atoms with Crippen molar-refractivity contribution in [2.75, 3.05) is 13.2 Å². The Labute approximate surface area is 143 Å². The molecule has 1 fully saturated rings. The van der Waals surface area contributed by atoms with Crippen LogP contribution in [0.1, 0.15) is 28.1 Å². The van der Waals surface area contributed by atoms with Crippen molar-refractivity contribution in [1.82, 2.24) is 20.3 Å². The van der Waals surface area contributed by atoms with E-state index in [1.807, 2.05) is 28.5 Å². The van der Waals surface area contributed by atoms with Crippen molar-refractivity contribution in [3.8, 4) is 0 Å². The molecule has 1 N–H and O–H groups in total. The molecule has 124 valence electrons. The van der Waals surface area contributed by atoms with Gasteiger partial charge in [0.1, 0.15) is 11.0 Å². The SMILES string of the molecule is O=C(c1ccc2n[nH]nc2c1)N(Cc1cccs1)CC1CCCO1. The summed E-state index contributed by atoms with van der Waals surface area (Å²) in [7, 11) is 0. The van der Waals surface area contributed by atoms with Crippen LogP contribution in [0.25, 0.3) is 11.0 Å². The zero-order chi connectivity index (χ0) is 16.4. The lowest BCUT2D eigenvalue weighted by Crippen LogP contribution is -2.36. The molecular formula is C17H18N4O2S. The summed E-state index contributed by atoms with van der Waals surface area (Å²) in [5.41, 5.74) is 2.09. The normalized spacial score (nSPS) is 17.4. The Balaban J connectivity index is 1.58. The van der Waals surface area contributed by atoms with Gasteiger partial charge in [-0.1, -0.05) is 6.07 Å². The fraction of sp³-hybridized carbons (Fsp3) is 0.353. The number of rotatable bonds is 5. The highest BCUT2D eigenvalue weighted by atomic mass is 32.1. The van der Waals surface area contributed by atoms with Crippen LogP contribution in [-0.4, -0.2) is 45.5 Å². The monoisotopic (exact) mass is 342 g/mol. The summed E-state index contributed by atoms with van der Waals surface area (Å²) in [6, 6.07) is 9.49. The molecule has 1 aromatic carbocycles. The summed E-state index contributed by atoms with van der Waals surface area (Å²) in [6.45, 7) is 2.01. The van der Waals surface area contributed by atoms with E-state index < -0.39 is 0 Å². The second kappa shape index (κ2) is 6.70. The van der Waals surface area contributed by atoms with Gasteiger partial charge in [0, 0.05) is 23.6 Å². The van der Waals surface area contributed by atoms with E-state index in [1.54, 1.807) is 17.4 Å². The minimum absolute atomic E-state index is 0.00352. The molecule has 4 rings (SSSR count). The van der Waals surface area contributed by atoms with Gasteiger partial charge in [0.05, 0.1) is 12.6 Å². The van der Waals surface area contributed by atoms with Gasteiger partial charge in [-0.3, -0.25) is 4.79 Å². The quantitative estimate of drug-likeness (QED) is 0.774. The van der Waals surface area contributed by atoms with Gasteiger partial charge >= 0.3 is 0 Å². The number of hydrogen-bond donors (Lipinski definition) is 1. The minimum Gasteiger partial charge on any atom is -0.376 e. The second-order valence-electron chi connectivity index (χ2n) is 5.93. The number of benzene rings is 1. The Kier molecular flexibility index (Phi) is 4.27. The smallest absolute Gasteiger partial charge is 0.254 e. The molecule has 24 heavy (non-hydrogen) atoms. The van der Waals surface area contributed by atoms with E-state index in [0.29, 0.717) is 24.2 Å². The third-order valence-electron chi connectivity index (χ3n) is 4.23. The van der Waals surface area contributed by atoms with Gasteiger partial charge in [-0.15, -0.1) is 11.3 Å². The van der Waals surface area contributed by atoms with Crippen LogP contribution in [-0.2, 0) is 11.3 Å². The third-order valence-corrected chi connectivity index (χ3v) is 5.09. The molecule has 1 atom stereocenters. The molecule has 6 nitrogen and oxygen atoms in total. The zero-order valence-corrected chi connectivity index (χ0v) is 14.0. The van der Waals surface area contributed by atoms with Crippen LogP contribution in [0.15, 0.2) is 35.7 Å². The number of aromatic nitrogens is 3. The van der Waals surface area contributed by atoms with Crippen molar-refractivity contribution in [3.05, 3.63) is 46.2 Å². The minimum atomic E-state index is 0.00352. The van der Waals surface area contributed by atoms with Crippen LogP contribution in [0.4, 0.5) is 0 Å². The Hall–Kier alpha value is -2.25. The molecule has 0 spiro atoms. The molecular weight excluding hydrogens is 324 g/mol. The highest BCUT2D eigenvalue weighted by Crippen LogP contribution is 2.20. The van der Waals surface area contributed by atoms with Crippen molar-refractivity contribution < 1.29 is 9.53 Å². The number of ether oxygens (including phenoxy) is 1. The van der Waals surface area contributed by atoms with Gasteiger partial charge < -0.3 is 9.64 Å². The summed E-state index contributed by atoms with van der Waals surface area (Å²) in [6.07, 6.45) is 2.21. The Morgan fingerprint density at radius 2 is 2.25 bits per heavy atom. The fourth-order valence-corrected chi connectivity index (χ4v) is 3.72. The highest BCUT2D eigenvalue weighted by molar-refractivity contribution is 7.09. The van der Waals surface area contributed by atoms with E-state index in [0.717, 1.165) is 25.0 Å². The second-order valence-corrected chi connectivity index (χ2v) is 6.96. The number of nitrogens with one attached hydrogen (secondary N) is 1. The molecule has 0 bridgehead atoms. The summed E-state index contributed by atoms with van der Waals surface area (Å²) in [5.74, 6) is 0.00352. The van der Waals surface area contributed by atoms with Gasteiger partial charge in [0.25, 0.3) is 5.91 Å². The van der Waals surface area contributed by atoms with Gasteiger partial charge in [-0.2, -0.15) is 15.4 Å². The van der Waals surface area contributed by atoms with E-state index in [1.165, 1.54) is 4.88 Å². The molecule has 2 aromatic heterocycles. The number of aromatic amines is 1. The molecule has 1 unspecified atom stereocenters. The zero-order valence-electron chi connectivity index (χ0n) is 13.1. The molecule has 1 amide bonds. The number of fused-ring (bicyclic) bond motifs is 1. The van der Waals surface area contributed by atoms with E-state index in [-0.39, 0.29) is 12.0 Å². The molecule has 1 aliphatic heterocycles. The van der Waals surface area contributed by atoms with E-state index in [2.05, 4.69) is 21.5 Å². The van der Waals surface area contributed by atoms with Crippen molar-refractivity contribution >= 4 is 28.3 Å². The molecule has 0 aliphatic carbocycles. The third kappa shape index (κ3) is 3.18. The van der Waals surface area contributed by atoms with Gasteiger partial charge in [-0.25, -0.2) is 0 Å². The number of nitrogens with zero attached hydrogens (tertiary/aromatic N) is 3. The number of carbonyl (C=O) groups is 1. The molecule has 3 heterocycles. The van der Waals surface area contributed by atoms with E-state index in [4.69, 9.17) is 4.74 Å². The van der Waals surface area contributed by atoms with Crippen LogP contribution >= 0.6 is 11.3 Å². The summed E-state index contributed by atoms with van der Waals surface area (Å²) in [4.78, 5) is 16.1. The van der Waals surface area contributed by atoms with Crippen molar-refractivity contribution in [2.24, 2.45) is 0 Å². The average Bonchev–Trinajstić information content (AvgIpc) is 3.35. The van der Waals surface area contributed by atoms with Crippen molar-refractivity contribution in [3.63, 3.8) is 0 Å². The Morgan fingerprint density at radius 3 is 3.04 bits per heavy atom. The molecule has 7 heteroatoms. The lowest BCUT2D eigenvalue weighted by Gasteiger charge is -2.25. The first-order valence-corrected chi connectivity index (χ1v) is 8.91. The maximum Gasteiger partial charge on any atom is 0.254 e. The lowest BCUT2D eigenvalue weighted by atomic mass is 10.1. The van der Waals surface area contributed by atoms with E-state index in [9.17, 15) is 4.79 Å². The first kappa shape index (κ1) is 15.3. The molecule has 0 saturated carbocycles. The fourth-order valence-electron chi connectivity index (χ4n) is 3.00. The highest BCUT2D eigenvalue weighted by Gasteiger charge is 2.24. The average molecular weight is 342 g/mol. The van der Waals surface area contributed by atoms with Crippen LogP contribution in [0.2, 0.25) is 0 Å². The number of H-pyrrole nitrogens is 1. The predicted molar refractivity (Wildman–Crippen MR) is 91.9 cm³/mol. The molecule has 0 radical (unpaired) electrons. The van der Waals surface area contributed by atoms with Crippen LogP contribution in [0.3, 0.4) is 0 Å². The number of carbonyl (C=O) groups excluding carboxylic acids is 1. The number of thiophene rings is 1. The number of amides is 1. The first-order chi connectivity index (χ1) is 11.8. The summed E-state index contributed by atoms with van der Waals surface area (Å²) >= 11 is 1.66. The van der Waals surface area contributed by atoms with E-state index >= 15 is 0 Å². The molecule has 3 aromatic rings. The maximum atomic E-state index is 13.0. The summed E-state index contributed by atoms with van der Waals surface area (Å²) < 4.78 is 5.73. The van der Waals surface area contributed by atoms with Gasteiger partial charge in [-0.05, 0) is 42.5 Å². The number of hydrogen-bond acceptors (Lipinski definition) is 5. The molecule has 1 saturated heterocycles.